The van der Waals surface area contributed by atoms with E-state index in [1.165, 1.54) is 12.1 Å². The van der Waals surface area contributed by atoms with Gasteiger partial charge in [-0.15, -0.1) is 0 Å². The number of carbonyl (C=O) groups is 2. The minimum atomic E-state index is -0.607. The zero-order chi connectivity index (χ0) is 23.3. The van der Waals surface area contributed by atoms with Gasteiger partial charge in [0.2, 0.25) is 5.91 Å². The van der Waals surface area contributed by atoms with Gasteiger partial charge in [-0.3, -0.25) is 19.7 Å². The van der Waals surface area contributed by atoms with Crippen LogP contribution in [0.5, 0.6) is 0 Å². The van der Waals surface area contributed by atoms with Crippen LogP contribution in [-0.4, -0.2) is 53.9 Å². The third-order valence-corrected chi connectivity index (χ3v) is 5.69. The van der Waals surface area contributed by atoms with Crippen LogP contribution in [0.25, 0.3) is 0 Å². The van der Waals surface area contributed by atoms with Crippen molar-refractivity contribution >= 4 is 34.8 Å². The maximum Gasteiger partial charge on any atom is 0.269 e. The minimum Gasteiger partial charge on any atom is -0.368 e. The Morgan fingerprint density at radius 1 is 1.03 bits per heavy atom. The largest absolute Gasteiger partial charge is 0.368 e. The lowest BCUT2D eigenvalue weighted by atomic mass is 10.0. The molecule has 0 saturated carbocycles. The van der Waals surface area contributed by atoms with E-state index >= 15 is 0 Å². The molecule has 32 heavy (non-hydrogen) atoms. The van der Waals surface area contributed by atoms with Crippen molar-refractivity contribution in [2.24, 2.45) is 5.92 Å². The number of nitrogens with one attached hydrogen (secondary N) is 1. The Kier molecular flexibility index (Phi) is 7.69. The number of nitro benzene ring substituents is 1. The summed E-state index contributed by atoms with van der Waals surface area (Å²) in [5.74, 6) is -0.162. The van der Waals surface area contributed by atoms with E-state index in [9.17, 15) is 19.7 Å². The number of carbonyl (C=O) groups excluding carboxylic acids is 2. The first-order valence-electron chi connectivity index (χ1n) is 10.6. The fraction of sp³-hybridized carbons (Fsp3) is 0.391. The van der Waals surface area contributed by atoms with Crippen LogP contribution < -0.4 is 10.2 Å². The van der Waals surface area contributed by atoms with Gasteiger partial charge in [0.1, 0.15) is 6.04 Å². The normalized spacial score (nSPS) is 14.9. The summed E-state index contributed by atoms with van der Waals surface area (Å²) in [6.07, 6.45) is 0.542. The van der Waals surface area contributed by atoms with Gasteiger partial charge < -0.3 is 15.1 Å². The Bertz CT molecular complexity index is 955. The summed E-state index contributed by atoms with van der Waals surface area (Å²) < 4.78 is 0. The molecule has 1 unspecified atom stereocenters. The average molecular weight is 459 g/mol. The van der Waals surface area contributed by atoms with Crippen molar-refractivity contribution in [3.05, 3.63) is 69.2 Å². The molecule has 1 atom stereocenters. The standard InChI is InChI=1S/C23H27ClN4O4/c1-16(2)15-21(25-22(29)17-3-5-18(24)6-4-17)23(30)27-13-11-26(12-14-27)19-7-9-20(10-8-19)28(31)32/h3-10,16,21H,11-15H2,1-2H3,(H,25,29). The molecule has 2 aromatic rings. The first-order valence-corrected chi connectivity index (χ1v) is 11.0. The highest BCUT2D eigenvalue weighted by Gasteiger charge is 2.29. The molecule has 0 aromatic heterocycles. The van der Waals surface area contributed by atoms with Crippen LogP contribution in [0.3, 0.4) is 0 Å². The van der Waals surface area contributed by atoms with Crippen molar-refractivity contribution in [2.45, 2.75) is 26.3 Å². The topological polar surface area (TPSA) is 95.8 Å². The highest BCUT2D eigenvalue weighted by molar-refractivity contribution is 6.30. The summed E-state index contributed by atoms with van der Waals surface area (Å²) >= 11 is 5.89. The fourth-order valence-electron chi connectivity index (χ4n) is 3.73. The lowest BCUT2D eigenvalue weighted by molar-refractivity contribution is -0.384. The molecule has 1 heterocycles. The molecule has 0 aliphatic carbocycles. The number of hydrogen-bond acceptors (Lipinski definition) is 5. The van der Waals surface area contributed by atoms with E-state index in [1.54, 1.807) is 41.3 Å². The van der Waals surface area contributed by atoms with Crippen molar-refractivity contribution in [2.75, 3.05) is 31.1 Å². The van der Waals surface area contributed by atoms with E-state index in [4.69, 9.17) is 11.6 Å². The second kappa shape index (κ2) is 10.5. The lowest BCUT2D eigenvalue weighted by Gasteiger charge is -2.38. The van der Waals surface area contributed by atoms with Gasteiger partial charge in [0.05, 0.1) is 4.92 Å². The number of piperazine rings is 1. The van der Waals surface area contributed by atoms with E-state index in [0.29, 0.717) is 43.2 Å². The van der Waals surface area contributed by atoms with Crippen LogP contribution in [-0.2, 0) is 4.79 Å². The number of rotatable bonds is 7. The third kappa shape index (κ3) is 5.97. The molecule has 8 nitrogen and oxygen atoms in total. The summed E-state index contributed by atoms with van der Waals surface area (Å²) in [4.78, 5) is 40.2. The summed E-state index contributed by atoms with van der Waals surface area (Å²) in [5.41, 5.74) is 1.40. The average Bonchev–Trinajstić information content (AvgIpc) is 2.78. The molecule has 0 bridgehead atoms. The highest BCUT2D eigenvalue weighted by Crippen LogP contribution is 2.21. The second-order valence-electron chi connectivity index (χ2n) is 8.25. The highest BCUT2D eigenvalue weighted by atomic mass is 35.5. The Morgan fingerprint density at radius 2 is 1.62 bits per heavy atom. The first kappa shape index (κ1) is 23.5. The molecule has 1 fully saturated rings. The van der Waals surface area contributed by atoms with Gasteiger partial charge in [0.15, 0.2) is 0 Å². The molecule has 1 aliphatic rings. The van der Waals surface area contributed by atoms with E-state index in [2.05, 4.69) is 10.2 Å². The molecule has 1 saturated heterocycles. The van der Waals surface area contributed by atoms with E-state index < -0.39 is 11.0 Å². The molecule has 9 heteroatoms. The number of amides is 2. The van der Waals surface area contributed by atoms with Crippen LogP contribution in [0.15, 0.2) is 48.5 Å². The SMILES string of the molecule is CC(C)CC(NC(=O)c1ccc(Cl)cc1)C(=O)N1CCN(c2ccc([N+](=O)[O-])cc2)CC1. The summed E-state index contributed by atoms with van der Waals surface area (Å²) in [6, 6.07) is 12.4. The van der Waals surface area contributed by atoms with Crippen LogP contribution >= 0.6 is 11.6 Å². The van der Waals surface area contributed by atoms with Crippen LogP contribution in [0.1, 0.15) is 30.6 Å². The monoisotopic (exact) mass is 458 g/mol. The predicted molar refractivity (Wildman–Crippen MR) is 124 cm³/mol. The molecular formula is C23H27ClN4O4. The smallest absolute Gasteiger partial charge is 0.269 e. The summed E-state index contributed by atoms with van der Waals surface area (Å²) in [6.45, 7) is 6.29. The van der Waals surface area contributed by atoms with Gasteiger partial charge in [0, 0.05) is 54.6 Å². The molecular weight excluding hydrogens is 432 g/mol. The Labute approximate surface area is 192 Å². The predicted octanol–water partition coefficient (Wildman–Crippen LogP) is 3.74. The van der Waals surface area contributed by atoms with E-state index in [-0.39, 0.29) is 23.4 Å². The number of hydrogen-bond donors (Lipinski definition) is 1. The number of non-ortho nitro benzene ring substituents is 1. The number of nitrogens with zero attached hydrogens (tertiary/aromatic N) is 3. The van der Waals surface area contributed by atoms with Gasteiger partial charge in [0.25, 0.3) is 11.6 Å². The van der Waals surface area contributed by atoms with Crippen molar-refractivity contribution in [1.29, 1.82) is 0 Å². The molecule has 2 amide bonds. The number of anilines is 1. The van der Waals surface area contributed by atoms with Crippen LogP contribution in [0.2, 0.25) is 5.02 Å². The van der Waals surface area contributed by atoms with Crippen LogP contribution in [0, 0.1) is 16.0 Å². The zero-order valence-corrected chi connectivity index (χ0v) is 18.9. The molecule has 0 radical (unpaired) electrons. The molecule has 0 spiro atoms. The Balaban J connectivity index is 1.62. The van der Waals surface area contributed by atoms with Gasteiger partial charge in [-0.1, -0.05) is 25.4 Å². The Morgan fingerprint density at radius 3 is 2.16 bits per heavy atom. The van der Waals surface area contributed by atoms with Crippen molar-refractivity contribution in [1.82, 2.24) is 10.2 Å². The van der Waals surface area contributed by atoms with Crippen molar-refractivity contribution in [3.63, 3.8) is 0 Å². The summed E-state index contributed by atoms with van der Waals surface area (Å²) in [7, 11) is 0. The number of benzene rings is 2. The fourth-order valence-corrected chi connectivity index (χ4v) is 3.85. The van der Waals surface area contributed by atoms with Gasteiger partial charge in [-0.25, -0.2) is 0 Å². The van der Waals surface area contributed by atoms with Crippen molar-refractivity contribution in [3.8, 4) is 0 Å². The maximum atomic E-state index is 13.2. The van der Waals surface area contributed by atoms with E-state index in [1.807, 2.05) is 13.8 Å². The lowest BCUT2D eigenvalue weighted by Crippen LogP contribution is -2.55. The molecule has 170 valence electrons. The Hall–Kier alpha value is -3.13. The van der Waals surface area contributed by atoms with Gasteiger partial charge in [-0.05, 0) is 48.7 Å². The second-order valence-corrected chi connectivity index (χ2v) is 8.68. The van der Waals surface area contributed by atoms with Crippen molar-refractivity contribution < 1.29 is 14.5 Å². The summed E-state index contributed by atoms with van der Waals surface area (Å²) in [5, 5.41) is 14.3. The quantitative estimate of drug-likeness (QED) is 0.503. The van der Waals surface area contributed by atoms with Gasteiger partial charge >= 0.3 is 0 Å². The van der Waals surface area contributed by atoms with E-state index in [0.717, 1.165) is 5.69 Å². The van der Waals surface area contributed by atoms with Gasteiger partial charge in [-0.2, -0.15) is 0 Å². The third-order valence-electron chi connectivity index (χ3n) is 5.43. The number of nitro groups is 1. The molecule has 1 aliphatic heterocycles. The van der Waals surface area contributed by atoms with Crippen LogP contribution in [0.4, 0.5) is 11.4 Å². The molecule has 2 aromatic carbocycles. The zero-order valence-electron chi connectivity index (χ0n) is 18.2. The minimum absolute atomic E-state index is 0.0514. The number of halogens is 1. The first-order chi connectivity index (χ1) is 15.2. The maximum absolute atomic E-state index is 13.2. The molecule has 3 rings (SSSR count). The molecule has 1 N–H and O–H groups in total.